The summed E-state index contributed by atoms with van der Waals surface area (Å²) in [5.74, 6) is 0.199. The highest BCUT2D eigenvalue weighted by Crippen LogP contribution is 2.18. The molecule has 0 fully saturated rings. The maximum Gasteiger partial charge on any atom is 0.275 e. The molecule has 0 aliphatic rings. The highest BCUT2D eigenvalue weighted by molar-refractivity contribution is 5.97. The Morgan fingerprint density at radius 2 is 1.91 bits per heavy atom. The number of phenolic OH excluding ortho intramolecular Hbond substituents is 1. The largest absolute Gasteiger partial charge is 0.507 e. The van der Waals surface area contributed by atoms with Gasteiger partial charge in [-0.15, -0.1) is 0 Å². The Bertz CT molecular complexity index is 709. The van der Waals surface area contributed by atoms with Crippen molar-refractivity contribution < 1.29 is 14.6 Å². The fraction of sp³-hybridized carbons (Fsp3) is 0.0588. The third-order valence-corrected chi connectivity index (χ3v) is 2.89. The number of methoxy groups -OCH3 is 1. The molecule has 0 radical (unpaired) electrons. The number of allylic oxidation sites excluding steroid dienone is 1. The van der Waals surface area contributed by atoms with Gasteiger partial charge in [0.1, 0.15) is 11.5 Å². The van der Waals surface area contributed by atoms with E-state index < -0.39 is 5.91 Å². The summed E-state index contributed by atoms with van der Waals surface area (Å²) in [6, 6.07) is 13.8. The molecule has 0 atom stereocenters. The predicted octanol–water partition coefficient (Wildman–Crippen LogP) is 2.83. The first-order chi connectivity index (χ1) is 10.7. The number of carbonyl (C=O) groups excluding carboxylic acids is 1. The molecule has 2 rings (SSSR count). The molecule has 0 heterocycles. The molecule has 2 N–H and O–H groups in total. The van der Waals surface area contributed by atoms with Crippen LogP contribution in [0.4, 0.5) is 0 Å². The van der Waals surface area contributed by atoms with E-state index in [0.29, 0.717) is 0 Å². The molecular formula is C17H16N2O3. The molecule has 0 aromatic heterocycles. The molecule has 0 bridgehead atoms. The zero-order chi connectivity index (χ0) is 15.8. The van der Waals surface area contributed by atoms with Crippen LogP contribution in [0.2, 0.25) is 0 Å². The molecule has 5 nitrogen and oxygen atoms in total. The standard InChI is InChI=1S/C17H16N2O3/c1-22-16-11-5-2-7-13(16)8-6-12-18-19-17(21)14-9-3-4-10-15(14)20/h2-12,20H,1H3,(H,19,21)/b8-6+,18-12+. The van der Waals surface area contributed by atoms with Crippen LogP contribution in [0.5, 0.6) is 11.5 Å². The van der Waals surface area contributed by atoms with Crippen LogP contribution in [0, 0.1) is 0 Å². The van der Waals surface area contributed by atoms with Gasteiger partial charge in [0.25, 0.3) is 5.91 Å². The van der Waals surface area contributed by atoms with E-state index in [-0.39, 0.29) is 11.3 Å². The zero-order valence-electron chi connectivity index (χ0n) is 12.1. The van der Waals surface area contributed by atoms with E-state index in [9.17, 15) is 9.90 Å². The molecule has 1 amide bonds. The number of aromatic hydroxyl groups is 1. The van der Waals surface area contributed by atoms with Crippen LogP contribution in [-0.4, -0.2) is 24.3 Å². The maximum absolute atomic E-state index is 11.8. The zero-order valence-corrected chi connectivity index (χ0v) is 12.1. The smallest absolute Gasteiger partial charge is 0.275 e. The number of nitrogens with zero attached hydrogens (tertiary/aromatic N) is 1. The van der Waals surface area contributed by atoms with Crippen LogP contribution >= 0.6 is 0 Å². The lowest BCUT2D eigenvalue weighted by molar-refractivity contribution is 0.0952. The molecular weight excluding hydrogens is 280 g/mol. The topological polar surface area (TPSA) is 70.9 Å². The van der Waals surface area contributed by atoms with Crippen molar-refractivity contribution in [3.05, 3.63) is 65.7 Å². The first kappa shape index (κ1) is 15.3. The highest BCUT2D eigenvalue weighted by atomic mass is 16.5. The fourth-order valence-corrected chi connectivity index (χ4v) is 1.82. The number of phenols is 1. The number of benzene rings is 2. The number of para-hydroxylation sites is 2. The molecule has 112 valence electrons. The van der Waals surface area contributed by atoms with Gasteiger partial charge in [0.2, 0.25) is 0 Å². The van der Waals surface area contributed by atoms with Gasteiger partial charge in [0.15, 0.2) is 0 Å². The van der Waals surface area contributed by atoms with Crippen LogP contribution in [0.3, 0.4) is 0 Å². The first-order valence-electron chi connectivity index (χ1n) is 6.63. The number of amides is 1. The molecule has 5 heteroatoms. The van der Waals surface area contributed by atoms with E-state index in [1.54, 1.807) is 25.3 Å². The quantitative estimate of drug-likeness (QED) is 0.658. The Morgan fingerprint density at radius 3 is 2.68 bits per heavy atom. The van der Waals surface area contributed by atoms with Crippen molar-refractivity contribution in [3.8, 4) is 11.5 Å². The minimum absolute atomic E-state index is 0.0836. The van der Waals surface area contributed by atoms with Crippen molar-refractivity contribution in [2.75, 3.05) is 7.11 Å². The van der Waals surface area contributed by atoms with E-state index in [0.717, 1.165) is 11.3 Å². The van der Waals surface area contributed by atoms with Gasteiger partial charge >= 0.3 is 0 Å². The molecule has 0 saturated carbocycles. The van der Waals surface area contributed by atoms with Gasteiger partial charge in [0, 0.05) is 11.8 Å². The Kier molecular flexibility index (Phi) is 5.31. The highest BCUT2D eigenvalue weighted by Gasteiger charge is 2.08. The van der Waals surface area contributed by atoms with Crippen LogP contribution in [-0.2, 0) is 0 Å². The first-order valence-corrected chi connectivity index (χ1v) is 6.63. The van der Waals surface area contributed by atoms with E-state index in [2.05, 4.69) is 10.5 Å². The van der Waals surface area contributed by atoms with Gasteiger partial charge in [-0.3, -0.25) is 4.79 Å². The van der Waals surface area contributed by atoms with Gasteiger partial charge in [0.05, 0.1) is 12.7 Å². The summed E-state index contributed by atoms with van der Waals surface area (Å²) < 4.78 is 5.22. The number of nitrogens with one attached hydrogen (secondary N) is 1. The number of carbonyl (C=O) groups is 1. The third-order valence-electron chi connectivity index (χ3n) is 2.89. The molecule has 0 aliphatic carbocycles. The van der Waals surface area contributed by atoms with Crippen molar-refractivity contribution in [2.45, 2.75) is 0 Å². The van der Waals surface area contributed by atoms with Crippen molar-refractivity contribution in [3.63, 3.8) is 0 Å². The monoisotopic (exact) mass is 296 g/mol. The van der Waals surface area contributed by atoms with E-state index >= 15 is 0 Å². The second kappa shape index (κ2) is 7.64. The molecule has 0 unspecified atom stereocenters. The molecule has 0 saturated heterocycles. The lowest BCUT2D eigenvalue weighted by atomic mass is 10.2. The van der Waals surface area contributed by atoms with E-state index in [1.807, 2.05) is 30.3 Å². The molecule has 22 heavy (non-hydrogen) atoms. The number of hydrogen-bond acceptors (Lipinski definition) is 4. The predicted molar refractivity (Wildman–Crippen MR) is 86.1 cm³/mol. The van der Waals surface area contributed by atoms with Gasteiger partial charge in [-0.25, -0.2) is 5.43 Å². The lowest BCUT2D eigenvalue weighted by Gasteiger charge is -2.02. The van der Waals surface area contributed by atoms with Crippen LogP contribution in [0.1, 0.15) is 15.9 Å². The Labute approximate surface area is 128 Å². The van der Waals surface area contributed by atoms with E-state index in [4.69, 9.17) is 4.74 Å². The second-order valence-electron chi connectivity index (χ2n) is 4.34. The van der Waals surface area contributed by atoms with Crippen molar-refractivity contribution >= 4 is 18.2 Å². The number of hydrazone groups is 1. The Balaban J connectivity index is 1.95. The minimum atomic E-state index is -0.472. The van der Waals surface area contributed by atoms with Gasteiger partial charge in [-0.1, -0.05) is 30.3 Å². The van der Waals surface area contributed by atoms with Crippen molar-refractivity contribution in [1.82, 2.24) is 5.43 Å². The Hall–Kier alpha value is -3.08. The van der Waals surface area contributed by atoms with E-state index in [1.165, 1.54) is 18.3 Å². The molecule has 2 aromatic rings. The van der Waals surface area contributed by atoms with Crippen LogP contribution < -0.4 is 10.2 Å². The summed E-state index contributed by atoms with van der Waals surface area (Å²) in [5, 5.41) is 13.3. The summed E-state index contributed by atoms with van der Waals surface area (Å²) in [5.41, 5.74) is 3.42. The van der Waals surface area contributed by atoms with Crippen molar-refractivity contribution in [2.24, 2.45) is 5.10 Å². The average molecular weight is 296 g/mol. The maximum atomic E-state index is 11.8. The molecule has 0 spiro atoms. The number of hydrogen-bond donors (Lipinski definition) is 2. The fourth-order valence-electron chi connectivity index (χ4n) is 1.82. The SMILES string of the molecule is COc1ccccc1/C=C/C=N/NC(=O)c1ccccc1O. The van der Waals surface area contributed by atoms with Gasteiger partial charge in [-0.05, 0) is 30.4 Å². The summed E-state index contributed by atoms with van der Waals surface area (Å²) in [4.78, 5) is 11.8. The van der Waals surface area contributed by atoms with Gasteiger partial charge in [-0.2, -0.15) is 5.10 Å². The second-order valence-corrected chi connectivity index (χ2v) is 4.34. The van der Waals surface area contributed by atoms with Crippen molar-refractivity contribution in [1.29, 1.82) is 0 Å². The number of ether oxygens (including phenoxy) is 1. The summed E-state index contributed by atoms with van der Waals surface area (Å²) in [6.45, 7) is 0. The minimum Gasteiger partial charge on any atom is -0.507 e. The third kappa shape index (κ3) is 3.96. The van der Waals surface area contributed by atoms with Crippen LogP contribution in [0.15, 0.2) is 59.7 Å². The summed E-state index contributed by atoms with van der Waals surface area (Å²) in [7, 11) is 1.60. The summed E-state index contributed by atoms with van der Waals surface area (Å²) in [6.07, 6.45) is 4.95. The normalized spacial score (nSPS) is 11.0. The molecule has 2 aromatic carbocycles. The van der Waals surface area contributed by atoms with Crippen LogP contribution in [0.25, 0.3) is 6.08 Å². The van der Waals surface area contributed by atoms with Gasteiger partial charge < -0.3 is 9.84 Å². The molecule has 0 aliphatic heterocycles. The Morgan fingerprint density at radius 1 is 1.18 bits per heavy atom. The average Bonchev–Trinajstić information content (AvgIpc) is 2.55. The number of rotatable bonds is 5. The lowest BCUT2D eigenvalue weighted by Crippen LogP contribution is -2.17. The summed E-state index contributed by atoms with van der Waals surface area (Å²) >= 11 is 0.